The highest BCUT2D eigenvalue weighted by atomic mass is 35.5. The molecule has 0 amide bonds. The van der Waals surface area contributed by atoms with Crippen molar-refractivity contribution in [1.29, 1.82) is 0 Å². The summed E-state index contributed by atoms with van der Waals surface area (Å²) in [6.07, 6.45) is 1.59. The van der Waals surface area contributed by atoms with Gasteiger partial charge < -0.3 is 10.1 Å². The van der Waals surface area contributed by atoms with Crippen molar-refractivity contribution in [1.82, 2.24) is 9.97 Å². The monoisotopic (exact) mass is 247 g/mol. The lowest BCUT2D eigenvalue weighted by molar-refractivity contribution is -0.389. The summed E-state index contributed by atoms with van der Waals surface area (Å²) in [5.74, 6) is -0.0470. The molecule has 0 aliphatic heterocycles. The van der Waals surface area contributed by atoms with Crippen molar-refractivity contribution >= 4 is 39.2 Å². The van der Waals surface area contributed by atoms with Crippen molar-refractivity contribution in [3.8, 4) is 0 Å². The van der Waals surface area contributed by atoms with Crippen LogP contribution in [0.3, 0.4) is 0 Å². The second-order valence-electron chi connectivity index (χ2n) is 3.63. The van der Waals surface area contributed by atoms with E-state index in [0.29, 0.717) is 21.4 Å². The van der Waals surface area contributed by atoms with Gasteiger partial charge in [0.2, 0.25) is 0 Å². The van der Waals surface area contributed by atoms with Crippen LogP contribution >= 0.6 is 11.6 Å². The molecule has 1 aromatic carbocycles. The summed E-state index contributed by atoms with van der Waals surface area (Å²) in [5.41, 5.74) is 1.35. The maximum absolute atomic E-state index is 10.7. The van der Waals surface area contributed by atoms with Crippen LogP contribution in [0.1, 0.15) is 0 Å². The molecule has 6 heteroatoms. The van der Waals surface area contributed by atoms with Crippen molar-refractivity contribution in [2.24, 2.45) is 0 Å². The molecule has 2 aromatic heterocycles. The largest absolute Gasteiger partial charge is 0.358 e. The van der Waals surface area contributed by atoms with Gasteiger partial charge in [-0.25, -0.2) is 4.98 Å². The van der Waals surface area contributed by atoms with Crippen LogP contribution < -0.4 is 0 Å². The molecule has 0 bridgehead atoms. The lowest BCUT2D eigenvalue weighted by atomic mass is 10.1. The summed E-state index contributed by atoms with van der Waals surface area (Å²) in [6.45, 7) is 0. The number of hydrogen-bond donors (Lipinski definition) is 1. The van der Waals surface area contributed by atoms with E-state index in [-0.39, 0.29) is 5.82 Å². The highest BCUT2D eigenvalue weighted by Gasteiger charge is 2.13. The van der Waals surface area contributed by atoms with Crippen LogP contribution in [0.2, 0.25) is 5.02 Å². The third-order valence-corrected chi connectivity index (χ3v) is 2.97. The summed E-state index contributed by atoms with van der Waals surface area (Å²) in [6, 6.07) is 6.73. The molecule has 0 radical (unpaired) electrons. The number of rotatable bonds is 1. The average Bonchev–Trinajstić information content (AvgIpc) is 2.73. The van der Waals surface area contributed by atoms with Crippen LogP contribution in [0.4, 0.5) is 5.82 Å². The van der Waals surface area contributed by atoms with Gasteiger partial charge in [-0.15, -0.1) is 0 Å². The number of nitrogens with one attached hydrogen (secondary N) is 1. The Hall–Kier alpha value is -2.14. The highest BCUT2D eigenvalue weighted by Crippen LogP contribution is 2.30. The first-order chi connectivity index (χ1) is 8.16. The molecule has 0 atom stereocenters. The van der Waals surface area contributed by atoms with Gasteiger partial charge in [-0.2, -0.15) is 0 Å². The van der Waals surface area contributed by atoms with E-state index in [2.05, 4.69) is 9.97 Å². The molecule has 0 fully saturated rings. The standard InChI is InChI=1S/C11H6ClN3O2/c12-8-3-4-13-11-6(8)1-2-9-7(11)5-10(14-9)15(16)17/h1-5,14H. The van der Waals surface area contributed by atoms with Crippen molar-refractivity contribution in [3.05, 3.63) is 45.6 Å². The number of fused-ring (bicyclic) bond motifs is 3. The van der Waals surface area contributed by atoms with E-state index in [4.69, 9.17) is 11.6 Å². The lowest BCUT2D eigenvalue weighted by Crippen LogP contribution is -1.85. The molecule has 84 valence electrons. The molecular weight excluding hydrogens is 242 g/mol. The Morgan fingerprint density at radius 1 is 1.29 bits per heavy atom. The van der Waals surface area contributed by atoms with E-state index in [9.17, 15) is 10.1 Å². The van der Waals surface area contributed by atoms with E-state index in [1.54, 1.807) is 24.4 Å². The Morgan fingerprint density at radius 3 is 2.88 bits per heavy atom. The van der Waals surface area contributed by atoms with Crippen molar-refractivity contribution in [2.75, 3.05) is 0 Å². The summed E-state index contributed by atoms with van der Waals surface area (Å²) in [4.78, 5) is 17.2. The zero-order valence-electron chi connectivity index (χ0n) is 8.48. The number of aromatic amines is 1. The smallest absolute Gasteiger partial charge is 0.322 e. The van der Waals surface area contributed by atoms with Gasteiger partial charge in [0.15, 0.2) is 0 Å². The first-order valence-electron chi connectivity index (χ1n) is 4.87. The number of pyridine rings is 1. The Labute approximate surface area is 100 Å². The second-order valence-corrected chi connectivity index (χ2v) is 4.03. The predicted molar refractivity (Wildman–Crippen MR) is 65.3 cm³/mol. The zero-order chi connectivity index (χ0) is 12.0. The van der Waals surface area contributed by atoms with Gasteiger partial charge in [-0.3, -0.25) is 4.98 Å². The fourth-order valence-corrected chi connectivity index (χ4v) is 2.08. The molecule has 3 rings (SSSR count). The summed E-state index contributed by atoms with van der Waals surface area (Å²) in [5, 5.41) is 12.8. The molecular formula is C11H6ClN3O2. The molecule has 2 heterocycles. The third-order valence-electron chi connectivity index (χ3n) is 2.64. The zero-order valence-corrected chi connectivity index (χ0v) is 9.23. The second kappa shape index (κ2) is 3.43. The number of aromatic nitrogens is 2. The molecule has 0 spiro atoms. The quantitative estimate of drug-likeness (QED) is 0.530. The number of nitro groups is 1. The molecule has 17 heavy (non-hydrogen) atoms. The van der Waals surface area contributed by atoms with Crippen LogP contribution in [0.15, 0.2) is 30.5 Å². The number of nitrogens with zero attached hydrogens (tertiary/aromatic N) is 2. The fourth-order valence-electron chi connectivity index (χ4n) is 1.87. The molecule has 0 saturated carbocycles. The Bertz CT molecular complexity index is 751. The van der Waals surface area contributed by atoms with Crippen LogP contribution in [0.5, 0.6) is 0 Å². The summed E-state index contributed by atoms with van der Waals surface area (Å²) < 4.78 is 0. The van der Waals surface area contributed by atoms with E-state index >= 15 is 0 Å². The molecule has 0 aliphatic rings. The van der Waals surface area contributed by atoms with Crippen molar-refractivity contribution in [3.63, 3.8) is 0 Å². The van der Waals surface area contributed by atoms with Crippen molar-refractivity contribution in [2.45, 2.75) is 0 Å². The van der Waals surface area contributed by atoms with Gasteiger partial charge in [-0.05, 0) is 23.1 Å². The van der Waals surface area contributed by atoms with Crippen LogP contribution in [0.25, 0.3) is 21.8 Å². The minimum absolute atomic E-state index is 0.0470. The molecule has 5 nitrogen and oxygen atoms in total. The first kappa shape index (κ1) is 10.0. The van der Waals surface area contributed by atoms with Gasteiger partial charge >= 0.3 is 5.82 Å². The first-order valence-corrected chi connectivity index (χ1v) is 5.25. The molecule has 0 saturated heterocycles. The van der Waals surface area contributed by atoms with Crippen LogP contribution in [-0.2, 0) is 0 Å². The fraction of sp³-hybridized carbons (Fsp3) is 0. The summed E-state index contributed by atoms with van der Waals surface area (Å²) in [7, 11) is 0. The lowest BCUT2D eigenvalue weighted by Gasteiger charge is -1.98. The number of benzene rings is 1. The predicted octanol–water partition coefficient (Wildman–Crippen LogP) is 3.28. The topological polar surface area (TPSA) is 71.8 Å². The SMILES string of the molecule is O=[N+]([O-])c1cc2c(ccc3c(Cl)ccnc32)[nH]1. The normalized spacial score (nSPS) is 11.1. The number of hydrogen-bond acceptors (Lipinski definition) is 3. The minimum Gasteiger partial charge on any atom is -0.358 e. The number of halogens is 1. The number of H-pyrrole nitrogens is 1. The van der Waals surface area contributed by atoms with Crippen LogP contribution in [-0.4, -0.2) is 14.9 Å². The summed E-state index contributed by atoms with van der Waals surface area (Å²) >= 11 is 6.04. The molecule has 3 aromatic rings. The molecule has 1 N–H and O–H groups in total. The molecule has 0 unspecified atom stereocenters. The maximum Gasteiger partial charge on any atom is 0.322 e. The van der Waals surface area contributed by atoms with E-state index < -0.39 is 4.92 Å². The minimum atomic E-state index is -0.462. The van der Waals surface area contributed by atoms with E-state index in [0.717, 1.165) is 5.39 Å². The molecule has 0 aliphatic carbocycles. The van der Waals surface area contributed by atoms with Gasteiger partial charge in [0.1, 0.15) is 5.52 Å². The van der Waals surface area contributed by atoms with Crippen LogP contribution in [0, 0.1) is 10.1 Å². The Balaban J connectivity index is 2.47. The van der Waals surface area contributed by atoms with Gasteiger partial charge in [0.05, 0.1) is 15.9 Å². The average molecular weight is 248 g/mol. The highest BCUT2D eigenvalue weighted by molar-refractivity contribution is 6.36. The van der Waals surface area contributed by atoms with Gasteiger partial charge in [0, 0.05) is 17.6 Å². The Morgan fingerprint density at radius 2 is 2.12 bits per heavy atom. The van der Waals surface area contributed by atoms with E-state index in [1.165, 1.54) is 6.07 Å². The Kier molecular flexibility index (Phi) is 2.02. The third kappa shape index (κ3) is 1.43. The van der Waals surface area contributed by atoms with Gasteiger partial charge in [0.25, 0.3) is 0 Å². The van der Waals surface area contributed by atoms with Crippen molar-refractivity contribution < 1.29 is 4.92 Å². The van der Waals surface area contributed by atoms with E-state index in [1.807, 2.05) is 0 Å². The van der Waals surface area contributed by atoms with Gasteiger partial charge in [-0.1, -0.05) is 11.6 Å². The maximum atomic E-state index is 10.7.